The number of nitrogens with one attached hydrogen (secondary N) is 1. The highest BCUT2D eigenvalue weighted by atomic mass is 16.5. The number of ether oxygens (including phenoxy) is 1. The van der Waals surface area contributed by atoms with Gasteiger partial charge in [0.25, 0.3) is 5.91 Å². The number of esters is 1. The second kappa shape index (κ2) is 7.17. The van der Waals surface area contributed by atoms with E-state index >= 15 is 0 Å². The Morgan fingerprint density at radius 3 is 2.66 bits per heavy atom. The lowest BCUT2D eigenvalue weighted by atomic mass is 9.61. The van der Waals surface area contributed by atoms with E-state index in [1.807, 2.05) is 29.2 Å². The fraction of sp³-hybridized carbons (Fsp3) is 0.370. The summed E-state index contributed by atoms with van der Waals surface area (Å²) in [4.78, 5) is 45.0. The number of aliphatic hydroxyl groups is 1. The van der Waals surface area contributed by atoms with Crippen LogP contribution in [0.1, 0.15) is 30.4 Å². The zero-order valence-electron chi connectivity index (χ0n) is 19.3. The fourth-order valence-corrected chi connectivity index (χ4v) is 7.14. The minimum absolute atomic E-state index is 0.0573. The number of fused-ring (bicyclic) bond motifs is 5. The van der Waals surface area contributed by atoms with Gasteiger partial charge in [0.1, 0.15) is 11.0 Å². The van der Waals surface area contributed by atoms with Crippen LogP contribution in [-0.2, 0) is 30.3 Å². The molecule has 2 aromatic rings. The number of para-hydroxylation sites is 2. The number of carbonyl (C=O) groups excluding carboxylic acids is 3. The van der Waals surface area contributed by atoms with Gasteiger partial charge in [0.15, 0.2) is 5.60 Å². The molecular formula is C27H25N3O5. The molecule has 4 unspecified atom stereocenters. The van der Waals surface area contributed by atoms with E-state index in [2.05, 4.69) is 11.2 Å². The van der Waals surface area contributed by atoms with Gasteiger partial charge in [0, 0.05) is 29.3 Å². The molecule has 4 atom stereocenters. The lowest BCUT2D eigenvalue weighted by Gasteiger charge is -2.42. The highest BCUT2D eigenvalue weighted by molar-refractivity contribution is 6.12. The zero-order chi connectivity index (χ0) is 24.6. The topological polar surface area (TPSA) is 99.2 Å². The normalized spacial score (nSPS) is 32.8. The minimum Gasteiger partial charge on any atom is -0.468 e. The third kappa shape index (κ3) is 2.32. The second-order valence-corrected chi connectivity index (χ2v) is 9.67. The van der Waals surface area contributed by atoms with Crippen molar-refractivity contribution in [2.24, 2.45) is 5.41 Å². The van der Waals surface area contributed by atoms with E-state index in [0.717, 1.165) is 5.56 Å². The van der Waals surface area contributed by atoms with Gasteiger partial charge < -0.3 is 15.2 Å². The Kier molecular flexibility index (Phi) is 4.47. The number of anilines is 2. The van der Waals surface area contributed by atoms with Crippen LogP contribution in [0.3, 0.4) is 0 Å². The number of rotatable bonds is 3. The molecular weight excluding hydrogens is 446 g/mol. The third-order valence-electron chi connectivity index (χ3n) is 8.43. The number of methoxy groups -OCH3 is 1. The first-order chi connectivity index (χ1) is 16.9. The Balaban J connectivity index is 1.64. The molecule has 8 nitrogen and oxygen atoms in total. The molecule has 4 heterocycles. The molecule has 0 saturated carbocycles. The van der Waals surface area contributed by atoms with E-state index in [-0.39, 0.29) is 18.9 Å². The number of hydrogen-bond acceptors (Lipinski definition) is 6. The lowest BCUT2D eigenvalue weighted by molar-refractivity contribution is -0.183. The average molecular weight is 472 g/mol. The van der Waals surface area contributed by atoms with Crippen molar-refractivity contribution in [3.8, 4) is 12.3 Å². The molecule has 0 bridgehead atoms. The molecule has 178 valence electrons. The van der Waals surface area contributed by atoms with Crippen molar-refractivity contribution >= 4 is 29.2 Å². The van der Waals surface area contributed by atoms with E-state index < -0.39 is 34.5 Å². The number of benzene rings is 2. The Morgan fingerprint density at radius 1 is 1.20 bits per heavy atom. The summed E-state index contributed by atoms with van der Waals surface area (Å²) in [5, 5.41) is 15.5. The van der Waals surface area contributed by atoms with E-state index in [1.165, 1.54) is 12.0 Å². The van der Waals surface area contributed by atoms with Crippen LogP contribution in [0.15, 0.2) is 48.5 Å². The predicted octanol–water partition coefficient (Wildman–Crippen LogP) is 1.73. The molecule has 8 heteroatoms. The number of hydrogen-bond donors (Lipinski definition) is 2. The maximum Gasteiger partial charge on any atom is 0.317 e. The molecule has 6 rings (SSSR count). The van der Waals surface area contributed by atoms with Crippen LogP contribution >= 0.6 is 0 Å². The summed E-state index contributed by atoms with van der Waals surface area (Å²) in [5.41, 5.74) is -3.03. The van der Waals surface area contributed by atoms with E-state index in [0.29, 0.717) is 36.3 Å². The molecule has 0 radical (unpaired) electrons. The molecule has 2 amide bonds. The van der Waals surface area contributed by atoms with Gasteiger partial charge in [-0.25, -0.2) is 0 Å². The van der Waals surface area contributed by atoms with Crippen molar-refractivity contribution in [1.29, 1.82) is 0 Å². The van der Waals surface area contributed by atoms with Gasteiger partial charge in [0.2, 0.25) is 5.91 Å². The molecule has 4 aliphatic heterocycles. The molecule has 4 aliphatic rings. The van der Waals surface area contributed by atoms with Gasteiger partial charge in [-0.2, -0.15) is 0 Å². The van der Waals surface area contributed by atoms with Crippen molar-refractivity contribution in [2.45, 2.75) is 36.4 Å². The highest BCUT2D eigenvalue weighted by Crippen LogP contribution is 2.66. The summed E-state index contributed by atoms with van der Waals surface area (Å²) < 4.78 is 5.34. The van der Waals surface area contributed by atoms with Crippen LogP contribution in [0, 0.1) is 17.8 Å². The molecule has 35 heavy (non-hydrogen) atoms. The van der Waals surface area contributed by atoms with Gasteiger partial charge in [0.05, 0.1) is 19.3 Å². The Hall–Kier alpha value is -3.67. The van der Waals surface area contributed by atoms with Crippen LogP contribution in [0.2, 0.25) is 0 Å². The molecule has 2 fully saturated rings. The molecule has 2 N–H and O–H groups in total. The number of nitrogens with zero attached hydrogens (tertiary/aromatic N) is 2. The highest BCUT2D eigenvalue weighted by Gasteiger charge is 2.79. The summed E-state index contributed by atoms with van der Waals surface area (Å²) in [6.45, 7) is 0.489. The Morgan fingerprint density at radius 2 is 1.91 bits per heavy atom. The van der Waals surface area contributed by atoms with Crippen molar-refractivity contribution in [1.82, 2.24) is 4.90 Å². The molecule has 2 aromatic carbocycles. The average Bonchev–Trinajstić information content (AvgIpc) is 3.59. The van der Waals surface area contributed by atoms with Crippen molar-refractivity contribution in [2.75, 3.05) is 30.4 Å². The van der Waals surface area contributed by atoms with Crippen LogP contribution in [0.25, 0.3) is 0 Å². The Labute approximate surface area is 202 Å². The molecule has 2 saturated heterocycles. The van der Waals surface area contributed by atoms with Crippen LogP contribution < -0.4 is 10.2 Å². The van der Waals surface area contributed by atoms with E-state index in [9.17, 15) is 19.5 Å². The zero-order valence-corrected chi connectivity index (χ0v) is 19.3. The summed E-state index contributed by atoms with van der Waals surface area (Å²) in [5.74, 6) is 0.838. The van der Waals surface area contributed by atoms with Crippen molar-refractivity contribution < 1.29 is 24.2 Å². The minimum atomic E-state index is -2.26. The SMILES string of the molecule is C#CCN1C(=O)C(O)(C2(C(=O)OC)CC3(C(=O)Nc4ccccc43)N3CCCC32)c2ccccc21. The largest absolute Gasteiger partial charge is 0.468 e. The number of amides is 2. The maximum absolute atomic E-state index is 14.1. The van der Waals surface area contributed by atoms with E-state index in [1.54, 1.807) is 24.3 Å². The van der Waals surface area contributed by atoms with Crippen LogP contribution in [0.4, 0.5) is 11.4 Å². The summed E-state index contributed by atoms with van der Waals surface area (Å²) in [7, 11) is 1.25. The monoisotopic (exact) mass is 471 g/mol. The molecule has 0 aromatic heterocycles. The third-order valence-corrected chi connectivity index (χ3v) is 8.43. The van der Waals surface area contributed by atoms with Crippen LogP contribution in [-0.4, -0.2) is 54.0 Å². The van der Waals surface area contributed by atoms with Gasteiger partial charge in [-0.3, -0.25) is 24.2 Å². The maximum atomic E-state index is 14.1. The summed E-state index contributed by atoms with van der Waals surface area (Å²) >= 11 is 0. The van der Waals surface area contributed by atoms with Gasteiger partial charge >= 0.3 is 5.97 Å². The smallest absolute Gasteiger partial charge is 0.317 e. The summed E-state index contributed by atoms with van der Waals surface area (Å²) in [6.07, 6.45) is 6.70. The Bertz CT molecular complexity index is 1330. The fourth-order valence-electron chi connectivity index (χ4n) is 7.14. The van der Waals surface area contributed by atoms with Crippen molar-refractivity contribution in [3.05, 3.63) is 59.7 Å². The predicted molar refractivity (Wildman–Crippen MR) is 127 cm³/mol. The van der Waals surface area contributed by atoms with E-state index in [4.69, 9.17) is 11.2 Å². The van der Waals surface area contributed by atoms with Crippen molar-refractivity contribution in [3.63, 3.8) is 0 Å². The molecule has 1 spiro atoms. The number of terminal acetylenes is 1. The summed E-state index contributed by atoms with van der Waals surface area (Å²) in [6, 6.07) is 13.6. The first-order valence-electron chi connectivity index (χ1n) is 11.7. The first kappa shape index (κ1) is 21.8. The number of carbonyl (C=O) groups is 3. The molecule has 0 aliphatic carbocycles. The standard InChI is InChI=1S/C27H25N3O5/c1-3-14-29-20-12-7-5-10-18(20)27(34,23(29)32)25(24(33)35-2)16-26(30-15-8-13-21(25)30)17-9-4-6-11-19(17)28-22(26)31/h1,4-7,9-12,21,34H,8,13-16H2,2H3,(H,28,31). The van der Waals surface area contributed by atoms with Gasteiger partial charge in [-0.1, -0.05) is 42.3 Å². The van der Waals surface area contributed by atoms with Gasteiger partial charge in [-0.05, 0) is 31.5 Å². The quantitative estimate of drug-likeness (QED) is 0.523. The van der Waals surface area contributed by atoms with Gasteiger partial charge in [-0.15, -0.1) is 6.42 Å². The first-order valence-corrected chi connectivity index (χ1v) is 11.7. The second-order valence-electron chi connectivity index (χ2n) is 9.67. The van der Waals surface area contributed by atoms with Crippen LogP contribution in [0.5, 0.6) is 0 Å². The lowest BCUT2D eigenvalue weighted by Crippen LogP contribution is -2.61.